The molecule has 0 bridgehead atoms. The summed E-state index contributed by atoms with van der Waals surface area (Å²) in [6, 6.07) is 9.79. The Hall–Kier alpha value is -2.76. The number of pyridine rings is 1. The van der Waals surface area contributed by atoms with Crippen LogP contribution in [0.5, 0.6) is 0 Å². The number of carbonyl (C=O) groups is 2. The number of benzene rings is 1. The number of hydrogen-bond donors (Lipinski definition) is 1. The number of aromatic nitrogens is 1. The highest BCUT2D eigenvalue weighted by atomic mass is 19.1. The minimum absolute atomic E-state index is 0.0939. The van der Waals surface area contributed by atoms with Crippen molar-refractivity contribution < 1.29 is 14.0 Å². The van der Waals surface area contributed by atoms with Gasteiger partial charge in [0.15, 0.2) is 0 Å². The third kappa shape index (κ3) is 3.95. The fourth-order valence-electron chi connectivity index (χ4n) is 4.94. The number of hydrogen-bond acceptors (Lipinski definition) is 3. The van der Waals surface area contributed by atoms with Crippen molar-refractivity contribution in [1.29, 1.82) is 0 Å². The number of fused-ring (bicyclic) bond motifs is 1. The molecule has 1 aliphatic heterocycles. The van der Waals surface area contributed by atoms with Crippen LogP contribution in [0.3, 0.4) is 0 Å². The predicted octanol–water partition coefficient (Wildman–Crippen LogP) is 3.65. The van der Waals surface area contributed by atoms with Crippen molar-refractivity contribution in [2.45, 2.75) is 38.1 Å². The average Bonchev–Trinajstić information content (AvgIpc) is 3.38. The fraction of sp³-hybridized carbons (Fsp3) is 0.458. The maximum Gasteiger partial charge on any atom is 0.253 e. The molecule has 3 fully saturated rings. The molecule has 1 N–H and O–H groups in total. The monoisotopic (exact) mass is 407 g/mol. The molecule has 1 saturated heterocycles. The van der Waals surface area contributed by atoms with Gasteiger partial charge < -0.3 is 10.2 Å². The van der Waals surface area contributed by atoms with E-state index in [-0.39, 0.29) is 23.7 Å². The van der Waals surface area contributed by atoms with Gasteiger partial charge >= 0.3 is 0 Å². The quantitative estimate of drug-likeness (QED) is 0.842. The highest BCUT2D eigenvalue weighted by Crippen LogP contribution is 2.45. The van der Waals surface area contributed by atoms with Crippen molar-refractivity contribution >= 4 is 11.8 Å². The molecule has 2 aromatic rings. The normalized spacial score (nSPS) is 27.4. The number of nitrogens with zero attached hydrogens (tertiary/aromatic N) is 2. The molecule has 2 atom stereocenters. The summed E-state index contributed by atoms with van der Waals surface area (Å²) < 4.78 is 13.4. The summed E-state index contributed by atoms with van der Waals surface area (Å²) in [5.74, 6) is 1.51. The van der Waals surface area contributed by atoms with Crippen LogP contribution in [-0.4, -0.2) is 40.8 Å². The lowest BCUT2D eigenvalue weighted by atomic mass is 9.85. The number of rotatable bonds is 4. The molecule has 0 spiro atoms. The lowest BCUT2D eigenvalue weighted by Gasteiger charge is -2.31. The first-order valence-corrected chi connectivity index (χ1v) is 10.9. The Bertz CT molecular complexity index is 943. The topological polar surface area (TPSA) is 62.3 Å². The maximum absolute atomic E-state index is 13.4. The fourth-order valence-corrected chi connectivity index (χ4v) is 4.94. The summed E-state index contributed by atoms with van der Waals surface area (Å²) in [6.45, 7) is 1.91. The Morgan fingerprint density at radius 2 is 1.80 bits per heavy atom. The van der Waals surface area contributed by atoms with E-state index >= 15 is 0 Å². The highest BCUT2D eigenvalue weighted by molar-refractivity contribution is 5.94. The van der Waals surface area contributed by atoms with E-state index < -0.39 is 0 Å². The summed E-state index contributed by atoms with van der Waals surface area (Å²) in [5.41, 5.74) is 1.80. The third-order valence-corrected chi connectivity index (χ3v) is 6.85. The molecular weight excluding hydrogens is 381 g/mol. The molecule has 2 heterocycles. The second-order valence-corrected chi connectivity index (χ2v) is 8.96. The summed E-state index contributed by atoms with van der Waals surface area (Å²) in [6.07, 6.45) is 6.18. The first-order chi connectivity index (χ1) is 14.6. The second kappa shape index (κ2) is 7.82. The van der Waals surface area contributed by atoms with Gasteiger partial charge in [-0.25, -0.2) is 4.39 Å². The van der Waals surface area contributed by atoms with Gasteiger partial charge in [-0.15, -0.1) is 0 Å². The van der Waals surface area contributed by atoms with Crippen LogP contribution in [0.25, 0.3) is 11.3 Å². The number of halogens is 1. The molecule has 30 heavy (non-hydrogen) atoms. The smallest absolute Gasteiger partial charge is 0.253 e. The highest BCUT2D eigenvalue weighted by Gasteiger charge is 2.47. The standard InChI is InChI=1S/C24H26FN3O2/c25-20-3-1-2-16(11-20)22-9-6-17(12-26-22)23(29)27-21-7-4-15(5-8-21)24(30)28-13-18-10-19(18)14-28/h1-3,6,9,11-12,15,18-19,21H,4-5,7-8,10,13-14H2,(H,27,29)/t15?,18-,19?,21?/m0/s1. The zero-order valence-electron chi connectivity index (χ0n) is 16.9. The molecule has 5 nitrogen and oxygen atoms in total. The van der Waals surface area contributed by atoms with Gasteiger partial charge in [0.2, 0.25) is 5.91 Å². The van der Waals surface area contributed by atoms with E-state index in [0.29, 0.717) is 22.7 Å². The van der Waals surface area contributed by atoms with Gasteiger partial charge in [-0.1, -0.05) is 12.1 Å². The summed E-state index contributed by atoms with van der Waals surface area (Å²) in [7, 11) is 0. The number of nitrogens with one attached hydrogen (secondary N) is 1. The zero-order valence-corrected chi connectivity index (χ0v) is 16.9. The van der Waals surface area contributed by atoms with Crippen LogP contribution in [0.2, 0.25) is 0 Å². The zero-order chi connectivity index (χ0) is 20.7. The Balaban J connectivity index is 1.13. The van der Waals surface area contributed by atoms with Crippen molar-refractivity contribution in [3.8, 4) is 11.3 Å². The van der Waals surface area contributed by atoms with Gasteiger partial charge in [0.1, 0.15) is 5.82 Å². The SMILES string of the molecule is O=C(NC1CCC(C(=O)N2CC3C[C@H]3C2)CC1)c1ccc(-c2cccc(F)c2)nc1. The average molecular weight is 407 g/mol. The van der Waals surface area contributed by atoms with Crippen LogP contribution < -0.4 is 5.32 Å². The minimum Gasteiger partial charge on any atom is -0.349 e. The number of carbonyl (C=O) groups excluding carboxylic acids is 2. The van der Waals surface area contributed by atoms with Crippen LogP contribution in [-0.2, 0) is 4.79 Å². The van der Waals surface area contributed by atoms with Gasteiger partial charge in [-0.3, -0.25) is 14.6 Å². The predicted molar refractivity (Wildman–Crippen MR) is 111 cm³/mol. The summed E-state index contributed by atoms with van der Waals surface area (Å²) in [4.78, 5) is 31.7. The van der Waals surface area contributed by atoms with Gasteiger partial charge in [-0.05, 0) is 68.2 Å². The van der Waals surface area contributed by atoms with Crippen LogP contribution in [0.15, 0.2) is 42.6 Å². The van der Waals surface area contributed by atoms with Crippen molar-refractivity contribution in [3.63, 3.8) is 0 Å². The second-order valence-electron chi connectivity index (χ2n) is 8.96. The summed E-state index contributed by atoms with van der Waals surface area (Å²) >= 11 is 0. The molecule has 1 aromatic carbocycles. The molecule has 2 saturated carbocycles. The van der Waals surface area contributed by atoms with Crippen LogP contribution in [0.4, 0.5) is 4.39 Å². The number of piperidine rings is 1. The molecule has 3 aliphatic rings. The summed E-state index contributed by atoms with van der Waals surface area (Å²) in [5, 5.41) is 3.08. The first-order valence-electron chi connectivity index (χ1n) is 10.9. The largest absolute Gasteiger partial charge is 0.349 e. The third-order valence-electron chi connectivity index (χ3n) is 6.85. The van der Waals surface area contributed by atoms with E-state index in [2.05, 4.69) is 15.2 Å². The van der Waals surface area contributed by atoms with Crippen molar-refractivity contribution in [1.82, 2.24) is 15.2 Å². The van der Waals surface area contributed by atoms with E-state index in [1.165, 1.54) is 24.8 Å². The lowest BCUT2D eigenvalue weighted by Crippen LogP contribution is -2.42. The molecule has 0 radical (unpaired) electrons. The number of likely N-dealkylation sites (tertiary alicyclic amines) is 1. The molecule has 6 heteroatoms. The Labute approximate surface area is 175 Å². The maximum atomic E-state index is 13.4. The van der Waals surface area contributed by atoms with Crippen LogP contribution >= 0.6 is 0 Å². The Morgan fingerprint density at radius 1 is 1.03 bits per heavy atom. The molecule has 2 aliphatic carbocycles. The van der Waals surface area contributed by atoms with Crippen molar-refractivity contribution in [2.75, 3.05) is 13.1 Å². The minimum atomic E-state index is -0.313. The molecule has 156 valence electrons. The van der Waals surface area contributed by atoms with Gasteiger partial charge in [0.05, 0.1) is 11.3 Å². The van der Waals surface area contributed by atoms with E-state index in [4.69, 9.17) is 0 Å². The Kier molecular flexibility index (Phi) is 5.01. The van der Waals surface area contributed by atoms with E-state index in [9.17, 15) is 14.0 Å². The molecular formula is C24H26FN3O2. The van der Waals surface area contributed by atoms with Gasteiger partial charge in [0.25, 0.3) is 5.91 Å². The van der Waals surface area contributed by atoms with Crippen molar-refractivity contribution in [3.05, 3.63) is 54.0 Å². The molecule has 1 aromatic heterocycles. The molecule has 1 unspecified atom stereocenters. The first kappa shape index (κ1) is 19.2. The van der Waals surface area contributed by atoms with E-state index in [1.54, 1.807) is 24.3 Å². The lowest BCUT2D eigenvalue weighted by molar-refractivity contribution is -0.136. The number of amides is 2. The molecule has 2 amide bonds. The van der Waals surface area contributed by atoms with E-state index in [0.717, 1.165) is 50.6 Å². The Morgan fingerprint density at radius 3 is 2.47 bits per heavy atom. The van der Waals surface area contributed by atoms with Crippen LogP contribution in [0.1, 0.15) is 42.5 Å². The van der Waals surface area contributed by atoms with Gasteiger partial charge in [0, 0.05) is 36.8 Å². The molecule has 5 rings (SSSR count). The van der Waals surface area contributed by atoms with Gasteiger partial charge in [-0.2, -0.15) is 0 Å². The van der Waals surface area contributed by atoms with Crippen LogP contribution in [0, 0.1) is 23.6 Å². The van der Waals surface area contributed by atoms with E-state index in [1.807, 2.05) is 0 Å². The van der Waals surface area contributed by atoms with Crippen molar-refractivity contribution in [2.24, 2.45) is 17.8 Å².